The Morgan fingerprint density at radius 3 is 2.56 bits per heavy atom. The molecule has 32 heavy (non-hydrogen) atoms. The minimum atomic E-state index is 0.00332. The number of thiophene rings is 1. The highest BCUT2D eigenvalue weighted by molar-refractivity contribution is 7.10. The van der Waals surface area contributed by atoms with Crippen LogP contribution in [-0.4, -0.2) is 38.1 Å². The number of benzene rings is 2. The van der Waals surface area contributed by atoms with Crippen LogP contribution in [0.25, 0.3) is 0 Å². The second-order valence-corrected chi connectivity index (χ2v) is 9.31. The highest BCUT2D eigenvalue weighted by Crippen LogP contribution is 2.42. The van der Waals surface area contributed by atoms with Crippen molar-refractivity contribution in [2.75, 3.05) is 32.6 Å². The molecular weight excluding hydrogens is 420 g/mol. The Bertz CT molecular complexity index is 1080. The summed E-state index contributed by atoms with van der Waals surface area (Å²) in [6, 6.07) is 16.4. The van der Waals surface area contributed by atoms with Gasteiger partial charge in [0.25, 0.3) is 0 Å². The molecule has 3 aromatic rings. The molecule has 168 valence electrons. The van der Waals surface area contributed by atoms with E-state index in [4.69, 9.17) is 9.47 Å². The van der Waals surface area contributed by atoms with E-state index >= 15 is 0 Å². The predicted molar refractivity (Wildman–Crippen MR) is 130 cm³/mol. The van der Waals surface area contributed by atoms with Crippen LogP contribution < -0.4 is 14.8 Å². The summed E-state index contributed by atoms with van der Waals surface area (Å²) in [5, 5.41) is 5.23. The summed E-state index contributed by atoms with van der Waals surface area (Å²) >= 11 is 1.71. The van der Waals surface area contributed by atoms with Crippen molar-refractivity contribution in [3.8, 4) is 11.5 Å². The second-order valence-electron chi connectivity index (χ2n) is 8.33. The lowest BCUT2D eigenvalue weighted by Crippen LogP contribution is -2.41. The van der Waals surface area contributed by atoms with Crippen LogP contribution in [0, 0.1) is 0 Å². The predicted octanol–water partition coefficient (Wildman–Crippen LogP) is 5.47. The molecule has 6 heteroatoms. The van der Waals surface area contributed by atoms with Crippen molar-refractivity contribution in [2.24, 2.45) is 0 Å². The zero-order valence-corrected chi connectivity index (χ0v) is 19.9. The summed E-state index contributed by atoms with van der Waals surface area (Å²) < 4.78 is 11.1. The number of carbonyl (C=O) groups excluding carboxylic acids is 1. The number of hydrogen-bond acceptors (Lipinski definition) is 5. The summed E-state index contributed by atoms with van der Waals surface area (Å²) in [5.41, 5.74) is 4.45. The van der Waals surface area contributed by atoms with Gasteiger partial charge in [0.05, 0.1) is 26.8 Å². The Balaban J connectivity index is 1.62. The number of rotatable bonds is 7. The van der Waals surface area contributed by atoms with Crippen LogP contribution in [0.1, 0.15) is 47.4 Å². The molecule has 0 saturated carbocycles. The summed E-state index contributed by atoms with van der Waals surface area (Å²) in [6.45, 7) is 5.40. The molecule has 0 bridgehead atoms. The van der Waals surface area contributed by atoms with Gasteiger partial charge in [0.15, 0.2) is 11.5 Å². The normalized spacial score (nSPS) is 16.0. The molecule has 5 nitrogen and oxygen atoms in total. The number of amides is 1. The Hall–Kier alpha value is -2.83. The topological polar surface area (TPSA) is 50.8 Å². The molecule has 1 aliphatic rings. The zero-order chi connectivity index (χ0) is 22.7. The fourth-order valence-electron chi connectivity index (χ4n) is 4.44. The third kappa shape index (κ3) is 4.52. The molecule has 0 fully saturated rings. The molecule has 1 amide bonds. The van der Waals surface area contributed by atoms with Gasteiger partial charge in [-0.2, -0.15) is 0 Å². The standard InChI is InChI=1S/C26H30N2O3S/c1-17(2)19-8-5-6-9-21(19)27-25(29)16-28-12-11-18-14-22(30-3)23(31-4)15-20(18)26(28)24-10-7-13-32-24/h5-10,13-15,17,26H,11-12,16H2,1-4H3,(H,27,29). The molecule has 0 spiro atoms. The lowest BCUT2D eigenvalue weighted by Gasteiger charge is -2.37. The maximum absolute atomic E-state index is 13.1. The first kappa shape index (κ1) is 22.4. The number of fused-ring (bicyclic) bond motifs is 1. The van der Waals surface area contributed by atoms with Gasteiger partial charge in [-0.05, 0) is 58.7 Å². The van der Waals surface area contributed by atoms with E-state index in [0.717, 1.165) is 30.0 Å². The molecule has 4 rings (SSSR count). The smallest absolute Gasteiger partial charge is 0.238 e. The van der Waals surface area contributed by atoms with Gasteiger partial charge in [-0.15, -0.1) is 11.3 Å². The highest BCUT2D eigenvalue weighted by Gasteiger charge is 2.32. The van der Waals surface area contributed by atoms with Gasteiger partial charge in [-0.3, -0.25) is 9.69 Å². The molecule has 0 saturated heterocycles. The van der Waals surface area contributed by atoms with E-state index in [1.54, 1.807) is 25.6 Å². The summed E-state index contributed by atoms with van der Waals surface area (Å²) in [4.78, 5) is 16.6. The number of carbonyl (C=O) groups is 1. The minimum Gasteiger partial charge on any atom is -0.493 e. The molecule has 1 unspecified atom stereocenters. The number of ether oxygens (including phenoxy) is 2. The van der Waals surface area contributed by atoms with Crippen LogP contribution in [0.2, 0.25) is 0 Å². The van der Waals surface area contributed by atoms with Crippen LogP contribution in [-0.2, 0) is 11.2 Å². The van der Waals surface area contributed by atoms with E-state index < -0.39 is 0 Å². The van der Waals surface area contributed by atoms with E-state index in [2.05, 4.69) is 59.8 Å². The summed E-state index contributed by atoms with van der Waals surface area (Å²) in [5.74, 6) is 1.80. The van der Waals surface area contributed by atoms with Crippen molar-refractivity contribution in [3.63, 3.8) is 0 Å². The first-order valence-electron chi connectivity index (χ1n) is 10.9. The van der Waals surface area contributed by atoms with Gasteiger partial charge in [0.1, 0.15) is 0 Å². The van der Waals surface area contributed by atoms with Crippen molar-refractivity contribution in [1.82, 2.24) is 4.90 Å². The third-order valence-corrected chi connectivity index (χ3v) is 6.91. The van der Waals surface area contributed by atoms with Crippen molar-refractivity contribution in [1.29, 1.82) is 0 Å². The van der Waals surface area contributed by atoms with E-state index in [0.29, 0.717) is 18.2 Å². The fraction of sp³-hybridized carbons (Fsp3) is 0.346. The molecule has 1 atom stereocenters. The molecule has 2 aromatic carbocycles. The van der Waals surface area contributed by atoms with E-state index in [9.17, 15) is 4.79 Å². The van der Waals surface area contributed by atoms with Crippen molar-refractivity contribution < 1.29 is 14.3 Å². The van der Waals surface area contributed by atoms with Gasteiger partial charge in [-0.25, -0.2) is 0 Å². The first-order chi connectivity index (χ1) is 15.5. The molecule has 0 radical (unpaired) electrons. The molecule has 1 aromatic heterocycles. The lowest BCUT2D eigenvalue weighted by atomic mass is 9.91. The number of methoxy groups -OCH3 is 2. The highest BCUT2D eigenvalue weighted by atomic mass is 32.1. The molecule has 2 heterocycles. The Morgan fingerprint density at radius 2 is 1.88 bits per heavy atom. The summed E-state index contributed by atoms with van der Waals surface area (Å²) in [6.07, 6.45) is 0.855. The van der Waals surface area contributed by atoms with E-state index in [-0.39, 0.29) is 11.9 Å². The zero-order valence-electron chi connectivity index (χ0n) is 19.1. The SMILES string of the molecule is COc1cc2c(cc1OC)C(c1cccs1)N(CC(=O)Nc1ccccc1C(C)C)CC2. The van der Waals surface area contributed by atoms with Crippen LogP contribution in [0.3, 0.4) is 0 Å². The van der Waals surface area contributed by atoms with Gasteiger partial charge in [-0.1, -0.05) is 38.1 Å². The van der Waals surface area contributed by atoms with Gasteiger partial charge >= 0.3 is 0 Å². The largest absolute Gasteiger partial charge is 0.493 e. The molecule has 1 aliphatic heterocycles. The second kappa shape index (κ2) is 9.76. The molecule has 0 aliphatic carbocycles. The van der Waals surface area contributed by atoms with E-state index in [1.807, 2.05) is 18.2 Å². The molecule has 1 N–H and O–H groups in total. The Kier molecular flexibility index (Phi) is 6.82. The van der Waals surface area contributed by atoms with Gasteiger partial charge < -0.3 is 14.8 Å². The van der Waals surface area contributed by atoms with Crippen molar-refractivity contribution in [3.05, 3.63) is 75.5 Å². The monoisotopic (exact) mass is 450 g/mol. The number of hydrogen-bond donors (Lipinski definition) is 1. The maximum Gasteiger partial charge on any atom is 0.238 e. The van der Waals surface area contributed by atoms with Crippen molar-refractivity contribution in [2.45, 2.75) is 32.2 Å². The van der Waals surface area contributed by atoms with Gasteiger partial charge in [0.2, 0.25) is 5.91 Å². The van der Waals surface area contributed by atoms with Crippen LogP contribution in [0.5, 0.6) is 11.5 Å². The van der Waals surface area contributed by atoms with Crippen LogP contribution >= 0.6 is 11.3 Å². The quantitative estimate of drug-likeness (QED) is 0.518. The fourth-order valence-corrected chi connectivity index (χ4v) is 5.31. The average molecular weight is 451 g/mol. The Morgan fingerprint density at radius 1 is 1.12 bits per heavy atom. The number of nitrogens with one attached hydrogen (secondary N) is 1. The third-order valence-electron chi connectivity index (χ3n) is 5.99. The first-order valence-corrected chi connectivity index (χ1v) is 11.8. The van der Waals surface area contributed by atoms with Crippen molar-refractivity contribution >= 4 is 22.9 Å². The number of anilines is 1. The van der Waals surface area contributed by atoms with Crippen LogP contribution in [0.4, 0.5) is 5.69 Å². The lowest BCUT2D eigenvalue weighted by molar-refractivity contribution is -0.117. The number of nitrogens with zero attached hydrogens (tertiary/aromatic N) is 1. The Labute approximate surface area is 194 Å². The molecular formula is C26H30N2O3S. The van der Waals surface area contributed by atoms with Gasteiger partial charge in [0, 0.05) is 17.1 Å². The van der Waals surface area contributed by atoms with E-state index in [1.165, 1.54) is 16.0 Å². The van der Waals surface area contributed by atoms with Crippen LogP contribution in [0.15, 0.2) is 53.9 Å². The maximum atomic E-state index is 13.1. The number of para-hydroxylation sites is 1. The average Bonchev–Trinajstić information content (AvgIpc) is 3.32. The summed E-state index contributed by atoms with van der Waals surface area (Å²) in [7, 11) is 3.32. The minimum absolute atomic E-state index is 0.00332.